The fraction of sp³-hybridized carbons (Fsp3) is 0.556. The van der Waals surface area contributed by atoms with Crippen LogP contribution in [0.3, 0.4) is 0 Å². The van der Waals surface area contributed by atoms with Gasteiger partial charge in [-0.2, -0.15) is 0 Å². The average molecular weight is 182 g/mol. The molecule has 0 aliphatic rings. The summed E-state index contributed by atoms with van der Waals surface area (Å²) in [7, 11) is 1.61. The van der Waals surface area contributed by atoms with E-state index in [9.17, 15) is 5.11 Å². The maximum atomic E-state index is 9.74. The Bertz CT molecular complexity index is 241. The number of rotatable bonds is 4. The number of hydrogen-bond donors (Lipinski definition) is 1. The number of nitrogens with zero attached hydrogens (tertiary/aromatic N) is 2. The van der Waals surface area contributed by atoms with E-state index < -0.39 is 6.10 Å². The van der Waals surface area contributed by atoms with Gasteiger partial charge in [0.2, 0.25) is 0 Å². The third-order valence-electron chi connectivity index (χ3n) is 1.85. The van der Waals surface area contributed by atoms with Crippen molar-refractivity contribution < 1.29 is 9.84 Å². The minimum atomic E-state index is -0.603. The van der Waals surface area contributed by atoms with Gasteiger partial charge in [-0.3, -0.25) is 9.97 Å². The first-order valence-corrected chi connectivity index (χ1v) is 4.18. The fourth-order valence-electron chi connectivity index (χ4n) is 1.11. The van der Waals surface area contributed by atoms with Crippen molar-refractivity contribution in [3.63, 3.8) is 0 Å². The molecule has 1 aromatic heterocycles. The number of ether oxygens (including phenoxy) is 1. The minimum Gasteiger partial charge on any atom is -0.386 e. The Hall–Kier alpha value is -1.00. The highest BCUT2D eigenvalue weighted by Crippen LogP contribution is 2.18. The summed E-state index contributed by atoms with van der Waals surface area (Å²) in [4.78, 5) is 7.90. The van der Waals surface area contributed by atoms with E-state index in [-0.39, 0.29) is 5.92 Å². The molecule has 0 saturated heterocycles. The second kappa shape index (κ2) is 4.89. The minimum absolute atomic E-state index is 0.0294. The molecule has 0 saturated carbocycles. The van der Waals surface area contributed by atoms with Crippen LogP contribution in [0.4, 0.5) is 0 Å². The quantitative estimate of drug-likeness (QED) is 0.748. The summed E-state index contributed by atoms with van der Waals surface area (Å²) in [6.45, 7) is 2.42. The molecule has 0 aromatic carbocycles. The summed E-state index contributed by atoms with van der Waals surface area (Å²) in [6.07, 6.45) is 4.11. The maximum Gasteiger partial charge on any atom is 0.102 e. The molecule has 13 heavy (non-hydrogen) atoms. The van der Waals surface area contributed by atoms with E-state index in [1.807, 2.05) is 6.92 Å². The van der Waals surface area contributed by atoms with E-state index in [0.29, 0.717) is 12.3 Å². The molecule has 1 rings (SSSR count). The number of methoxy groups -OCH3 is 1. The zero-order chi connectivity index (χ0) is 9.68. The lowest BCUT2D eigenvalue weighted by Gasteiger charge is -2.16. The first kappa shape index (κ1) is 10.1. The molecule has 0 aliphatic heterocycles. The topological polar surface area (TPSA) is 55.2 Å². The Morgan fingerprint density at radius 2 is 2.31 bits per heavy atom. The number of hydrogen-bond acceptors (Lipinski definition) is 4. The van der Waals surface area contributed by atoms with Crippen LogP contribution in [0.15, 0.2) is 18.6 Å². The smallest absolute Gasteiger partial charge is 0.102 e. The van der Waals surface area contributed by atoms with Gasteiger partial charge < -0.3 is 9.84 Å². The average Bonchev–Trinajstić information content (AvgIpc) is 2.18. The van der Waals surface area contributed by atoms with Gasteiger partial charge in [0.25, 0.3) is 0 Å². The van der Waals surface area contributed by atoms with Crippen molar-refractivity contribution in [3.8, 4) is 0 Å². The highest BCUT2D eigenvalue weighted by molar-refractivity contribution is 5.00. The van der Waals surface area contributed by atoms with Crippen LogP contribution >= 0.6 is 0 Å². The van der Waals surface area contributed by atoms with Crippen LogP contribution in [-0.4, -0.2) is 28.8 Å². The largest absolute Gasteiger partial charge is 0.386 e. The van der Waals surface area contributed by atoms with Gasteiger partial charge in [-0.05, 0) is 0 Å². The SMILES string of the molecule is COCC(C)C(O)c1cnccn1. The normalized spacial score (nSPS) is 15.3. The fourth-order valence-corrected chi connectivity index (χ4v) is 1.11. The van der Waals surface area contributed by atoms with Crippen LogP contribution in [0.25, 0.3) is 0 Å². The summed E-state index contributed by atoms with van der Waals surface area (Å²) >= 11 is 0. The second-order valence-corrected chi connectivity index (χ2v) is 3.01. The van der Waals surface area contributed by atoms with Gasteiger partial charge in [-0.15, -0.1) is 0 Å². The molecule has 0 aliphatic carbocycles. The lowest BCUT2D eigenvalue weighted by Crippen LogP contribution is -2.15. The Kier molecular flexibility index (Phi) is 3.79. The lowest BCUT2D eigenvalue weighted by atomic mass is 10.0. The summed E-state index contributed by atoms with van der Waals surface area (Å²) in [6, 6.07) is 0. The molecule has 2 atom stereocenters. The second-order valence-electron chi connectivity index (χ2n) is 3.01. The molecule has 0 bridgehead atoms. The van der Waals surface area contributed by atoms with Crippen LogP contribution in [0, 0.1) is 5.92 Å². The molecule has 1 N–H and O–H groups in total. The van der Waals surface area contributed by atoms with Crippen molar-refractivity contribution in [1.29, 1.82) is 0 Å². The number of aliphatic hydroxyl groups excluding tert-OH is 1. The molecule has 72 valence electrons. The van der Waals surface area contributed by atoms with Crippen molar-refractivity contribution in [2.75, 3.05) is 13.7 Å². The standard InChI is InChI=1S/C9H14N2O2/c1-7(6-13-2)9(12)8-5-10-3-4-11-8/h3-5,7,9,12H,6H2,1-2H3. The van der Waals surface area contributed by atoms with Crippen LogP contribution < -0.4 is 0 Å². The summed E-state index contributed by atoms with van der Waals surface area (Å²) in [5, 5.41) is 9.74. The van der Waals surface area contributed by atoms with E-state index >= 15 is 0 Å². The number of aromatic nitrogens is 2. The predicted molar refractivity (Wildman–Crippen MR) is 48.0 cm³/mol. The van der Waals surface area contributed by atoms with Gasteiger partial charge in [0.05, 0.1) is 18.5 Å². The predicted octanol–water partition coefficient (Wildman–Crippen LogP) is 0.792. The highest BCUT2D eigenvalue weighted by Gasteiger charge is 2.17. The monoisotopic (exact) mass is 182 g/mol. The molecule has 0 radical (unpaired) electrons. The zero-order valence-electron chi connectivity index (χ0n) is 7.84. The Labute approximate surface area is 77.6 Å². The molecular weight excluding hydrogens is 168 g/mol. The molecule has 0 amide bonds. The number of aliphatic hydroxyl groups is 1. The van der Waals surface area contributed by atoms with E-state index in [2.05, 4.69) is 9.97 Å². The van der Waals surface area contributed by atoms with Crippen molar-refractivity contribution in [3.05, 3.63) is 24.3 Å². The van der Waals surface area contributed by atoms with Crippen molar-refractivity contribution >= 4 is 0 Å². The van der Waals surface area contributed by atoms with Crippen molar-refractivity contribution in [1.82, 2.24) is 9.97 Å². The first-order chi connectivity index (χ1) is 6.25. The molecular formula is C9H14N2O2. The molecule has 0 spiro atoms. The zero-order valence-corrected chi connectivity index (χ0v) is 7.84. The van der Waals surface area contributed by atoms with Gasteiger partial charge in [0.1, 0.15) is 6.10 Å². The van der Waals surface area contributed by atoms with Crippen LogP contribution in [-0.2, 0) is 4.74 Å². The molecule has 1 heterocycles. The first-order valence-electron chi connectivity index (χ1n) is 4.18. The van der Waals surface area contributed by atoms with E-state index in [4.69, 9.17) is 4.74 Å². The van der Waals surface area contributed by atoms with Crippen LogP contribution in [0.5, 0.6) is 0 Å². The van der Waals surface area contributed by atoms with Gasteiger partial charge in [-0.1, -0.05) is 6.92 Å². The molecule has 4 nitrogen and oxygen atoms in total. The van der Waals surface area contributed by atoms with Crippen LogP contribution in [0.2, 0.25) is 0 Å². The van der Waals surface area contributed by atoms with Gasteiger partial charge in [0, 0.05) is 25.4 Å². The van der Waals surface area contributed by atoms with Crippen LogP contribution in [0.1, 0.15) is 18.7 Å². The summed E-state index contributed by atoms with van der Waals surface area (Å²) in [5.41, 5.74) is 0.590. The Morgan fingerprint density at radius 3 is 2.85 bits per heavy atom. The molecule has 4 heteroatoms. The third-order valence-corrected chi connectivity index (χ3v) is 1.85. The van der Waals surface area contributed by atoms with Gasteiger partial charge in [0.15, 0.2) is 0 Å². The van der Waals surface area contributed by atoms with Crippen molar-refractivity contribution in [2.45, 2.75) is 13.0 Å². The van der Waals surface area contributed by atoms with Gasteiger partial charge in [-0.25, -0.2) is 0 Å². The van der Waals surface area contributed by atoms with E-state index in [1.54, 1.807) is 25.7 Å². The Balaban J connectivity index is 2.62. The van der Waals surface area contributed by atoms with Gasteiger partial charge >= 0.3 is 0 Å². The van der Waals surface area contributed by atoms with E-state index in [0.717, 1.165) is 0 Å². The van der Waals surface area contributed by atoms with E-state index in [1.165, 1.54) is 0 Å². The molecule has 1 aromatic rings. The molecule has 0 fully saturated rings. The highest BCUT2D eigenvalue weighted by atomic mass is 16.5. The third kappa shape index (κ3) is 2.75. The summed E-state index contributed by atoms with van der Waals surface area (Å²) in [5.74, 6) is 0.0294. The lowest BCUT2D eigenvalue weighted by molar-refractivity contribution is 0.0538. The maximum absolute atomic E-state index is 9.74. The Morgan fingerprint density at radius 1 is 1.54 bits per heavy atom. The summed E-state index contributed by atoms with van der Waals surface area (Å²) < 4.78 is 4.94. The van der Waals surface area contributed by atoms with Crippen molar-refractivity contribution in [2.24, 2.45) is 5.92 Å². The molecule has 2 unspecified atom stereocenters.